The summed E-state index contributed by atoms with van der Waals surface area (Å²) < 4.78 is 61.2. The molecule has 0 spiro atoms. The number of aryl methyl sites for hydroxylation is 2. The number of aliphatic hydroxyl groups is 1. The molecule has 1 aliphatic heterocycles. The molecule has 8 nitrogen and oxygen atoms in total. The smallest absolute Gasteiger partial charge is 0.425 e. The van der Waals surface area contributed by atoms with Crippen molar-refractivity contribution in [2.24, 2.45) is 0 Å². The molecular formula is C20H18ClF4N5O3. The van der Waals surface area contributed by atoms with E-state index in [1.54, 1.807) is 11.5 Å². The largest absolute Gasteiger partial charge is 0.480 e. The number of hydrogen-bond acceptors (Lipinski definition) is 5. The molecule has 1 aliphatic rings. The molecule has 0 aliphatic carbocycles. The minimum absolute atomic E-state index is 0.0739. The van der Waals surface area contributed by atoms with Crippen LogP contribution in [0.1, 0.15) is 41.3 Å². The van der Waals surface area contributed by atoms with Crippen molar-refractivity contribution in [2.45, 2.75) is 45.2 Å². The van der Waals surface area contributed by atoms with E-state index in [9.17, 15) is 23.1 Å². The standard InChI is InChI=1S/C20H18ClF4N5O3/c1-8-16(17(21)29-28-8)27-19(32)11-5-12(22)10(6-15(11)33-9(2)20(23,24)25)13-7-30-4-3-14(31)18(30)26-13/h5-7,9,14,31H,3-4H2,1-2H3,(H,27,32)(H,28,29). The van der Waals surface area contributed by atoms with Crippen molar-refractivity contribution >= 4 is 23.2 Å². The van der Waals surface area contributed by atoms with E-state index in [-0.39, 0.29) is 22.1 Å². The van der Waals surface area contributed by atoms with Gasteiger partial charge in [0.15, 0.2) is 11.3 Å². The summed E-state index contributed by atoms with van der Waals surface area (Å²) in [6, 6.07) is 1.76. The second kappa shape index (κ2) is 8.34. The molecule has 0 saturated carbocycles. The highest BCUT2D eigenvalue weighted by molar-refractivity contribution is 6.33. The average molecular weight is 488 g/mol. The highest BCUT2D eigenvalue weighted by Crippen LogP contribution is 2.36. The van der Waals surface area contributed by atoms with Gasteiger partial charge in [-0.05, 0) is 32.4 Å². The van der Waals surface area contributed by atoms with Crippen LogP contribution in [0.5, 0.6) is 5.75 Å². The molecule has 176 valence electrons. The Kier molecular flexibility index (Phi) is 5.83. The first kappa shape index (κ1) is 23.1. The number of imidazole rings is 1. The minimum Gasteiger partial charge on any atom is -0.480 e. The van der Waals surface area contributed by atoms with Gasteiger partial charge in [0.25, 0.3) is 5.91 Å². The molecule has 0 bridgehead atoms. The Bertz CT molecular complexity index is 1200. The van der Waals surface area contributed by atoms with E-state index in [0.29, 0.717) is 24.5 Å². The number of aromatic amines is 1. The summed E-state index contributed by atoms with van der Waals surface area (Å²) >= 11 is 5.90. The molecule has 1 aromatic carbocycles. The summed E-state index contributed by atoms with van der Waals surface area (Å²) in [4.78, 5) is 17.0. The first-order chi connectivity index (χ1) is 15.5. The lowest BCUT2D eigenvalue weighted by Gasteiger charge is -2.20. The zero-order valence-corrected chi connectivity index (χ0v) is 18.1. The fourth-order valence-electron chi connectivity index (χ4n) is 3.40. The van der Waals surface area contributed by atoms with E-state index in [1.165, 1.54) is 6.20 Å². The predicted octanol–water partition coefficient (Wildman–Crippen LogP) is 4.39. The van der Waals surface area contributed by atoms with Crippen LogP contribution in [0.2, 0.25) is 5.15 Å². The van der Waals surface area contributed by atoms with Crippen LogP contribution in [0.4, 0.5) is 23.2 Å². The van der Waals surface area contributed by atoms with E-state index in [0.717, 1.165) is 19.1 Å². The fourth-order valence-corrected chi connectivity index (χ4v) is 3.63. The molecule has 0 fully saturated rings. The first-order valence-electron chi connectivity index (χ1n) is 9.80. The van der Waals surface area contributed by atoms with Crippen LogP contribution < -0.4 is 10.1 Å². The number of nitrogens with one attached hydrogen (secondary N) is 2. The Hall–Kier alpha value is -3.12. The van der Waals surface area contributed by atoms with Crippen LogP contribution in [0.3, 0.4) is 0 Å². The maximum atomic E-state index is 15.0. The Morgan fingerprint density at radius 3 is 2.76 bits per heavy atom. The van der Waals surface area contributed by atoms with Gasteiger partial charge in [0, 0.05) is 18.3 Å². The molecular weight excluding hydrogens is 470 g/mol. The number of hydrogen-bond donors (Lipinski definition) is 3. The average Bonchev–Trinajstić information content (AvgIpc) is 3.40. The number of ether oxygens (including phenoxy) is 1. The van der Waals surface area contributed by atoms with E-state index in [4.69, 9.17) is 16.3 Å². The summed E-state index contributed by atoms with van der Waals surface area (Å²) in [5.74, 6) is -2.03. The number of aromatic nitrogens is 4. The summed E-state index contributed by atoms with van der Waals surface area (Å²) in [5.41, 5.74) is -0.0760. The van der Waals surface area contributed by atoms with Crippen molar-refractivity contribution in [1.82, 2.24) is 19.7 Å². The maximum Gasteiger partial charge on any atom is 0.425 e. The molecule has 13 heteroatoms. The lowest BCUT2D eigenvalue weighted by Crippen LogP contribution is -2.32. The number of carbonyl (C=O) groups is 1. The number of aliphatic hydroxyl groups excluding tert-OH is 1. The number of nitrogens with zero attached hydrogens (tertiary/aromatic N) is 3. The number of alkyl halides is 3. The van der Waals surface area contributed by atoms with Gasteiger partial charge in [-0.3, -0.25) is 9.89 Å². The normalized spacial score (nSPS) is 16.5. The van der Waals surface area contributed by atoms with Crippen LogP contribution in [-0.4, -0.2) is 43.0 Å². The Labute approximate surface area is 189 Å². The topological polar surface area (TPSA) is 105 Å². The molecule has 1 amide bonds. The molecule has 3 N–H and O–H groups in total. The van der Waals surface area contributed by atoms with Gasteiger partial charge in [0.05, 0.1) is 17.0 Å². The predicted molar refractivity (Wildman–Crippen MR) is 110 cm³/mol. The van der Waals surface area contributed by atoms with Crippen molar-refractivity contribution in [3.8, 4) is 17.0 Å². The van der Waals surface area contributed by atoms with E-state index < -0.39 is 41.4 Å². The maximum absolute atomic E-state index is 15.0. The van der Waals surface area contributed by atoms with Crippen molar-refractivity contribution in [3.05, 3.63) is 46.4 Å². The van der Waals surface area contributed by atoms with Gasteiger partial charge in [-0.1, -0.05) is 11.6 Å². The van der Waals surface area contributed by atoms with Crippen LogP contribution in [0.25, 0.3) is 11.3 Å². The second-order valence-electron chi connectivity index (χ2n) is 7.58. The highest BCUT2D eigenvalue weighted by atomic mass is 35.5. The number of fused-ring (bicyclic) bond motifs is 1. The third-order valence-electron chi connectivity index (χ3n) is 5.25. The SMILES string of the molecule is Cc1[nH]nc(Cl)c1NC(=O)c1cc(F)c(-c2cn3c(n2)C(O)CC3)cc1OC(C)C(F)(F)F. The van der Waals surface area contributed by atoms with Crippen LogP contribution in [0.15, 0.2) is 18.3 Å². The Morgan fingerprint density at radius 1 is 1.42 bits per heavy atom. The number of carbonyl (C=O) groups excluding carboxylic acids is 1. The summed E-state index contributed by atoms with van der Waals surface area (Å²) in [6.07, 6.45) is -5.90. The minimum atomic E-state index is -4.73. The number of H-pyrrole nitrogens is 1. The van der Waals surface area contributed by atoms with Crippen molar-refractivity contribution in [2.75, 3.05) is 5.32 Å². The molecule has 3 heterocycles. The first-order valence-corrected chi connectivity index (χ1v) is 10.2. The molecule has 3 aromatic rings. The zero-order chi connectivity index (χ0) is 24.1. The molecule has 0 saturated heterocycles. The fraction of sp³-hybridized carbons (Fsp3) is 0.350. The molecule has 0 radical (unpaired) electrons. The third kappa shape index (κ3) is 4.40. The monoisotopic (exact) mass is 487 g/mol. The molecule has 33 heavy (non-hydrogen) atoms. The van der Waals surface area contributed by atoms with Gasteiger partial charge in [-0.25, -0.2) is 9.37 Å². The lowest BCUT2D eigenvalue weighted by atomic mass is 10.1. The summed E-state index contributed by atoms with van der Waals surface area (Å²) in [6.45, 7) is 2.79. The van der Waals surface area contributed by atoms with E-state index in [2.05, 4.69) is 20.5 Å². The number of rotatable bonds is 5. The molecule has 4 rings (SSSR count). The van der Waals surface area contributed by atoms with Crippen molar-refractivity contribution in [1.29, 1.82) is 0 Å². The molecule has 2 atom stereocenters. The molecule has 2 aromatic heterocycles. The number of benzene rings is 1. The van der Waals surface area contributed by atoms with Crippen molar-refractivity contribution in [3.63, 3.8) is 0 Å². The highest BCUT2D eigenvalue weighted by Gasteiger charge is 2.39. The Balaban J connectivity index is 1.76. The van der Waals surface area contributed by atoms with Gasteiger partial charge in [-0.2, -0.15) is 18.3 Å². The molecule has 2 unspecified atom stereocenters. The number of halogens is 5. The van der Waals surface area contributed by atoms with Gasteiger partial charge in [0.1, 0.15) is 29.2 Å². The quantitative estimate of drug-likeness (QED) is 0.463. The number of amides is 1. The zero-order valence-electron chi connectivity index (χ0n) is 17.3. The second-order valence-corrected chi connectivity index (χ2v) is 7.94. The van der Waals surface area contributed by atoms with E-state index >= 15 is 4.39 Å². The summed E-state index contributed by atoms with van der Waals surface area (Å²) in [7, 11) is 0. The van der Waals surface area contributed by atoms with Crippen LogP contribution in [-0.2, 0) is 6.54 Å². The van der Waals surface area contributed by atoms with Crippen LogP contribution in [0, 0.1) is 12.7 Å². The van der Waals surface area contributed by atoms with Crippen molar-refractivity contribution < 1.29 is 32.2 Å². The Morgan fingerprint density at radius 2 is 2.15 bits per heavy atom. The van der Waals surface area contributed by atoms with Gasteiger partial charge < -0.3 is 19.7 Å². The van der Waals surface area contributed by atoms with E-state index in [1.807, 2.05) is 0 Å². The van der Waals surface area contributed by atoms with Gasteiger partial charge in [-0.15, -0.1) is 0 Å². The van der Waals surface area contributed by atoms with Gasteiger partial charge in [0.2, 0.25) is 0 Å². The van der Waals surface area contributed by atoms with Gasteiger partial charge >= 0.3 is 6.18 Å². The lowest BCUT2D eigenvalue weighted by molar-refractivity contribution is -0.189. The van der Waals surface area contributed by atoms with Crippen LogP contribution >= 0.6 is 11.6 Å². The summed E-state index contributed by atoms with van der Waals surface area (Å²) in [5, 5.41) is 18.5. The number of anilines is 1. The third-order valence-corrected chi connectivity index (χ3v) is 5.52.